The van der Waals surface area contributed by atoms with E-state index in [9.17, 15) is 14.4 Å². The fraction of sp³-hybridized carbons (Fsp3) is 1.00. The zero-order chi connectivity index (χ0) is 21.2. The van der Waals surface area contributed by atoms with Crippen molar-refractivity contribution in [3.05, 3.63) is 0 Å². The van der Waals surface area contributed by atoms with Crippen molar-refractivity contribution >= 4 is 7.82 Å². The summed E-state index contributed by atoms with van der Waals surface area (Å²) in [7, 11) is -5.29. The van der Waals surface area contributed by atoms with Gasteiger partial charge in [-0.25, -0.2) is 0 Å². The van der Waals surface area contributed by atoms with Gasteiger partial charge in [-0.1, -0.05) is 12.8 Å². The van der Waals surface area contributed by atoms with Crippen molar-refractivity contribution in [2.45, 2.75) is 101 Å². The molecule has 0 aromatic carbocycles. The van der Waals surface area contributed by atoms with Crippen LogP contribution >= 0.6 is 7.82 Å². The summed E-state index contributed by atoms with van der Waals surface area (Å²) in [6, 6.07) is 1.57. The first-order chi connectivity index (χ1) is 13.1. The fourth-order valence-electron chi connectivity index (χ4n) is 3.45. The molecule has 0 spiro atoms. The summed E-state index contributed by atoms with van der Waals surface area (Å²) in [6.45, 7) is -0.625. The molecule has 4 atom stereocenters. The summed E-state index contributed by atoms with van der Waals surface area (Å²) in [4.78, 5) is 20.3. The van der Waals surface area contributed by atoms with E-state index in [1.807, 2.05) is 0 Å². The second kappa shape index (κ2) is 13.2. The lowest BCUT2D eigenvalue weighted by Gasteiger charge is -2.32. The van der Waals surface area contributed by atoms with E-state index in [-0.39, 0.29) is 0 Å². The summed E-state index contributed by atoms with van der Waals surface area (Å²) in [6.07, 6.45) is 8.01. The summed E-state index contributed by atoms with van der Waals surface area (Å²) >= 11 is 0. The molecule has 4 unspecified atom stereocenters. The summed E-state index contributed by atoms with van der Waals surface area (Å²) in [5.41, 5.74) is 8.00. The first-order valence-corrected chi connectivity index (χ1v) is 11.6. The minimum Gasteiger partial charge on any atom is -0.790 e. The molecule has 28 heavy (non-hydrogen) atoms. The van der Waals surface area contributed by atoms with Crippen molar-refractivity contribution in [2.75, 3.05) is 6.61 Å². The molecule has 1 aliphatic heterocycles. The molecule has 0 aromatic heterocycles. The van der Waals surface area contributed by atoms with Crippen LogP contribution in [0.4, 0.5) is 0 Å². The molecular weight excluding hydrogens is 391 g/mol. The molecule has 0 bridgehead atoms. The largest absolute Gasteiger partial charge is 0.790 e. The van der Waals surface area contributed by atoms with Gasteiger partial charge in [-0.15, -0.1) is 0 Å². The van der Waals surface area contributed by atoms with Gasteiger partial charge in [-0.3, -0.25) is 0 Å². The number of phosphoric acid groups is 1. The standard InChI is InChI=1S/2C6H13N.C5H11O8P/c2*7-6-4-2-1-3-5-6;6-1-2-3(7)4(8)5(12-2)13-14(9,10)11/h2*6H,1-5,7H2;2-8H,1H2,(H2,9,10,11). The quantitative estimate of drug-likeness (QED) is 0.301. The monoisotopic (exact) mass is 428 g/mol. The van der Waals surface area contributed by atoms with Gasteiger partial charge in [0.05, 0.1) is 26.5 Å². The highest BCUT2D eigenvalue weighted by Gasteiger charge is 2.43. The molecule has 10 nitrogen and oxygen atoms in total. The van der Waals surface area contributed by atoms with Crippen molar-refractivity contribution in [3.63, 3.8) is 0 Å². The van der Waals surface area contributed by atoms with Crippen LogP contribution in [0.3, 0.4) is 0 Å². The first kappa shape index (κ1) is 25.9. The van der Waals surface area contributed by atoms with Gasteiger partial charge in [0.15, 0.2) is 6.29 Å². The zero-order valence-corrected chi connectivity index (χ0v) is 17.4. The van der Waals surface area contributed by atoms with E-state index in [4.69, 9.17) is 15.3 Å². The topological polar surface area (TPSA) is 198 Å². The predicted octanol–water partition coefficient (Wildman–Crippen LogP) is -2.61. The molecule has 3 rings (SSSR count). The smallest absolute Gasteiger partial charge is 0.191 e. The molecule has 3 aliphatic rings. The number of phosphoric ester groups is 1. The zero-order valence-electron chi connectivity index (χ0n) is 16.5. The van der Waals surface area contributed by atoms with Gasteiger partial charge in [0.1, 0.15) is 18.3 Å². The van der Waals surface area contributed by atoms with Crippen LogP contribution < -0.4 is 21.3 Å². The maximum Gasteiger partial charge on any atom is 0.191 e. The van der Waals surface area contributed by atoms with Crippen LogP contribution in [-0.4, -0.2) is 58.6 Å². The van der Waals surface area contributed by atoms with E-state index in [2.05, 4.69) is 20.7 Å². The summed E-state index contributed by atoms with van der Waals surface area (Å²) in [5, 5.41) is 26.8. The first-order valence-electron chi connectivity index (χ1n) is 10.1. The van der Waals surface area contributed by atoms with Gasteiger partial charge >= 0.3 is 0 Å². The Balaban J connectivity index is 0.000000233. The maximum absolute atomic E-state index is 10.1. The van der Waals surface area contributed by atoms with Crippen molar-refractivity contribution in [1.29, 1.82) is 0 Å². The Morgan fingerprint density at radius 1 is 0.893 bits per heavy atom. The molecule has 11 heteroatoms. The normalized spacial score (nSPS) is 32.1. The van der Waals surface area contributed by atoms with Crippen molar-refractivity contribution in [2.24, 2.45) is 0 Å². The van der Waals surface area contributed by atoms with Gasteiger partial charge in [0.25, 0.3) is 0 Å². The van der Waals surface area contributed by atoms with Crippen LogP contribution in [0.2, 0.25) is 0 Å². The average molecular weight is 428 g/mol. The molecule has 0 radical (unpaired) electrons. The van der Waals surface area contributed by atoms with E-state index < -0.39 is 39.0 Å². The fourth-order valence-corrected chi connectivity index (χ4v) is 3.88. The van der Waals surface area contributed by atoms with Crippen LogP contribution in [0.1, 0.15) is 64.2 Å². The van der Waals surface area contributed by atoms with E-state index in [1.54, 1.807) is 0 Å². The minimum absolute atomic E-state index is 0.625. The van der Waals surface area contributed by atoms with Crippen LogP contribution in [-0.2, 0) is 13.8 Å². The van der Waals surface area contributed by atoms with E-state index in [0.29, 0.717) is 0 Å². The SMILES string of the molecule is O=P([O-])([O-])OC1OC(CO)C(O)C1O.[NH3+]C1CCCCC1.[NH3+]C1CCCCC1. The average Bonchev–Trinajstić information content (AvgIpc) is 2.90. The third-order valence-electron chi connectivity index (χ3n) is 5.18. The lowest BCUT2D eigenvalue weighted by molar-refractivity contribution is -0.425. The molecule has 168 valence electrons. The van der Waals surface area contributed by atoms with Crippen molar-refractivity contribution in [1.82, 2.24) is 0 Å². The maximum atomic E-state index is 10.1. The lowest BCUT2D eigenvalue weighted by Crippen LogP contribution is -2.61. The van der Waals surface area contributed by atoms with Gasteiger partial charge in [0.2, 0.25) is 0 Å². The lowest BCUT2D eigenvalue weighted by atomic mass is 9.97. The second-order valence-corrected chi connectivity index (χ2v) is 8.87. The second-order valence-electron chi connectivity index (χ2n) is 7.77. The molecule has 9 N–H and O–H groups in total. The van der Waals surface area contributed by atoms with Crippen LogP contribution in [0.15, 0.2) is 0 Å². The van der Waals surface area contributed by atoms with Gasteiger partial charge in [0, 0.05) is 0 Å². The highest BCUT2D eigenvalue weighted by atomic mass is 31.2. The highest BCUT2D eigenvalue weighted by Crippen LogP contribution is 2.33. The third-order valence-corrected chi connectivity index (χ3v) is 5.65. The summed E-state index contributed by atoms with van der Waals surface area (Å²) < 4.78 is 18.5. The number of ether oxygens (including phenoxy) is 1. The molecule has 0 amide bonds. The Morgan fingerprint density at radius 3 is 1.57 bits per heavy atom. The number of rotatable bonds is 3. The Morgan fingerprint density at radius 2 is 1.32 bits per heavy atom. The molecule has 2 aliphatic carbocycles. The van der Waals surface area contributed by atoms with Crippen molar-refractivity contribution in [3.8, 4) is 0 Å². The van der Waals surface area contributed by atoms with Crippen LogP contribution in [0.25, 0.3) is 0 Å². The van der Waals surface area contributed by atoms with E-state index in [1.165, 1.54) is 64.2 Å². The number of hydrogen-bond acceptors (Lipinski definition) is 8. The van der Waals surface area contributed by atoms with E-state index in [0.717, 1.165) is 12.1 Å². The predicted molar refractivity (Wildman–Crippen MR) is 96.0 cm³/mol. The number of aliphatic hydroxyl groups is 3. The summed E-state index contributed by atoms with van der Waals surface area (Å²) in [5.74, 6) is 0. The number of quaternary nitrogens is 2. The Labute approximate surface area is 166 Å². The molecular formula is C17H37N2O8P. The van der Waals surface area contributed by atoms with Crippen LogP contribution in [0, 0.1) is 0 Å². The Kier molecular flexibility index (Phi) is 12.2. The Bertz CT molecular complexity index is 438. The van der Waals surface area contributed by atoms with Crippen molar-refractivity contribution < 1.29 is 50.4 Å². The van der Waals surface area contributed by atoms with Gasteiger partial charge in [-0.05, 0) is 51.4 Å². The molecule has 0 aromatic rings. The molecule has 1 heterocycles. The molecule has 3 fully saturated rings. The highest BCUT2D eigenvalue weighted by molar-refractivity contribution is 7.43. The molecule has 1 saturated heterocycles. The minimum atomic E-state index is -5.29. The van der Waals surface area contributed by atoms with Gasteiger partial charge < -0.3 is 50.4 Å². The van der Waals surface area contributed by atoms with Crippen LogP contribution in [0.5, 0.6) is 0 Å². The molecule has 2 saturated carbocycles. The third kappa shape index (κ3) is 10.6. The van der Waals surface area contributed by atoms with Gasteiger partial charge in [-0.2, -0.15) is 0 Å². The number of hydrogen-bond donors (Lipinski definition) is 5. The van der Waals surface area contributed by atoms with E-state index >= 15 is 0 Å². The Hall–Kier alpha value is -0.130. The number of aliphatic hydroxyl groups excluding tert-OH is 3.